The highest BCUT2D eigenvalue weighted by molar-refractivity contribution is 9.10. The van der Waals surface area contributed by atoms with Gasteiger partial charge in [-0.2, -0.15) is 0 Å². The minimum Gasteiger partial charge on any atom is -0.372 e. The number of rotatable bonds is 5. The largest absolute Gasteiger partial charge is 0.372 e. The van der Waals surface area contributed by atoms with Gasteiger partial charge in [-0.15, -0.1) is 0 Å². The van der Waals surface area contributed by atoms with Crippen molar-refractivity contribution in [3.8, 4) is 0 Å². The van der Waals surface area contributed by atoms with Crippen molar-refractivity contribution in [2.75, 3.05) is 13.6 Å². The first-order chi connectivity index (χ1) is 7.13. The molecule has 1 aromatic rings. The molecule has 0 amide bonds. The minimum atomic E-state index is -0.242. The Balaban J connectivity index is 2.50. The van der Waals surface area contributed by atoms with Gasteiger partial charge in [0.15, 0.2) is 0 Å². The molecule has 0 spiro atoms. The third kappa shape index (κ3) is 4.28. The molecule has 15 heavy (non-hydrogen) atoms. The van der Waals surface area contributed by atoms with Crippen LogP contribution in [0.25, 0.3) is 0 Å². The Kier molecular flexibility index (Phi) is 5.22. The molecule has 0 heterocycles. The van der Waals surface area contributed by atoms with Crippen molar-refractivity contribution in [2.24, 2.45) is 0 Å². The smallest absolute Gasteiger partial charge is 0.124 e. The van der Waals surface area contributed by atoms with Crippen LogP contribution in [-0.4, -0.2) is 19.7 Å². The highest BCUT2D eigenvalue weighted by Gasteiger charge is 2.04. The Morgan fingerprint density at radius 1 is 1.53 bits per heavy atom. The van der Waals surface area contributed by atoms with E-state index in [0.29, 0.717) is 6.61 Å². The lowest BCUT2D eigenvalue weighted by Crippen LogP contribution is -2.23. The summed E-state index contributed by atoms with van der Waals surface area (Å²) in [6.07, 6.45) is 0.145. The lowest BCUT2D eigenvalue weighted by atomic mass is 10.2. The number of ether oxygens (including phenoxy) is 1. The Morgan fingerprint density at radius 3 is 2.87 bits per heavy atom. The molecule has 0 aliphatic carbocycles. The maximum absolute atomic E-state index is 12.8. The summed E-state index contributed by atoms with van der Waals surface area (Å²) in [6.45, 7) is 3.29. The van der Waals surface area contributed by atoms with Crippen LogP contribution in [0.4, 0.5) is 4.39 Å². The molecule has 0 fully saturated rings. The third-order valence-corrected chi connectivity index (χ3v) is 2.77. The molecule has 1 N–H and O–H groups in total. The standard InChI is InChI=1S/C11H15BrFNO/c1-8(6-14-2)15-7-9-3-4-10(13)5-11(9)12/h3-5,8,14H,6-7H2,1-2H3. The average molecular weight is 276 g/mol. The van der Waals surface area contributed by atoms with Crippen LogP contribution in [0.2, 0.25) is 0 Å². The van der Waals surface area contributed by atoms with Gasteiger partial charge >= 0.3 is 0 Å². The van der Waals surface area contributed by atoms with E-state index in [-0.39, 0.29) is 11.9 Å². The SMILES string of the molecule is CNCC(C)OCc1ccc(F)cc1Br. The first-order valence-corrected chi connectivity index (χ1v) is 5.63. The second-order valence-electron chi connectivity index (χ2n) is 3.42. The van der Waals surface area contributed by atoms with Gasteiger partial charge in [-0.05, 0) is 31.7 Å². The molecule has 0 aliphatic heterocycles. The molecular weight excluding hydrogens is 261 g/mol. The number of hydrogen-bond acceptors (Lipinski definition) is 2. The molecule has 4 heteroatoms. The molecule has 0 radical (unpaired) electrons. The van der Waals surface area contributed by atoms with Gasteiger partial charge in [0.1, 0.15) is 5.82 Å². The summed E-state index contributed by atoms with van der Waals surface area (Å²) in [7, 11) is 1.88. The highest BCUT2D eigenvalue weighted by Crippen LogP contribution is 2.19. The maximum atomic E-state index is 12.8. The van der Waals surface area contributed by atoms with Crippen molar-refractivity contribution >= 4 is 15.9 Å². The summed E-state index contributed by atoms with van der Waals surface area (Å²) < 4.78 is 19.1. The van der Waals surface area contributed by atoms with Crippen molar-refractivity contribution in [1.82, 2.24) is 5.32 Å². The fourth-order valence-electron chi connectivity index (χ4n) is 1.22. The topological polar surface area (TPSA) is 21.3 Å². The van der Waals surface area contributed by atoms with Crippen molar-refractivity contribution < 1.29 is 9.13 Å². The van der Waals surface area contributed by atoms with Crippen molar-refractivity contribution in [3.63, 3.8) is 0 Å². The van der Waals surface area contributed by atoms with Crippen LogP contribution in [0.5, 0.6) is 0 Å². The Bertz CT molecular complexity index is 319. The second-order valence-corrected chi connectivity index (χ2v) is 4.27. The monoisotopic (exact) mass is 275 g/mol. The first kappa shape index (κ1) is 12.6. The molecule has 1 aromatic carbocycles. The van der Waals surface area contributed by atoms with Gasteiger partial charge in [0, 0.05) is 11.0 Å². The van der Waals surface area contributed by atoms with Crippen LogP contribution in [-0.2, 0) is 11.3 Å². The van der Waals surface area contributed by atoms with Crippen LogP contribution >= 0.6 is 15.9 Å². The number of nitrogens with one attached hydrogen (secondary N) is 1. The van der Waals surface area contributed by atoms with E-state index >= 15 is 0 Å². The molecule has 1 unspecified atom stereocenters. The van der Waals surface area contributed by atoms with Gasteiger partial charge in [-0.25, -0.2) is 4.39 Å². The van der Waals surface area contributed by atoms with Crippen LogP contribution in [0, 0.1) is 5.82 Å². The molecule has 1 atom stereocenters. The summed E-state index contributed by atoms with van der Waals surface area (Å²) in [5.41, 5.74) is 0.958. The molecule has 0 bridgehead atoms. The fourth-order valence-corrected chi connectivity index (χ4v) is 1.68. The number of benzene rings is 1. The van der Waals surface area contributed by atoms with E-state index in [2.05, 4.69) is 21.2 Å². The molecule has 84 valence electrons. The van der Waals surface area contributed by atoms with Gasteiger partial charge in [0.05, 0.1) is 12.7 Å². The molecular formula is C11H15BrFNO. The highest BCUT2D eigenvalue weighted by atomic mass is 79.9. The fraction of sp³-hybridized carbons (Fsp3) is 0.455. The number of likely N-dealkylation sites (N-methyl/N-ethyl adjacent to an activating group) is 1. The van der Waals surface area contributed by atoms with Crippen LogP contribution in [0.1, 0.15) is 12.5 Å². The summed E-state index contributed by atoms with van der Waals surface area (Å²) in [6, 6.07) is 4.61. The summed E-state index contributed by atoms with van der Waals surface area (Å²) >= 11 is 3.30. The van der Waals surface area contributed by atoms with E-state index < -0.39 is 0 Å². The van der Waals surface area contributed by atoms with Crippen LogP contribution in [0.3, 0.4) is 0 Å². The predicted molar refractivity (Wildman–Crippen MR) is 62.3 cm³/mol. The summed E-state index contributed by atoms with van der Waals surface area (Å²) in [5, 5.41) is 3.03. The van der Waals surface area contributed by atoms with Gasteiger partial charge < -0.3 is 10.1 Å². The van der Waals surface area contributed by atoms with Gasteiger partial charge in [-0.3, -0.25) is 0 Å². The van der Waals surface area contributed by atoms with Gasteiger partial charge in [0.25, 0.3) is 0 Å². The van der Waals surface area contributed by atoms with Crippen molar-refractivity contribution in [2.45, 2.75) is 19.6 Å². The molecule has 2 nitrogen and oxygen atoms in total. The quantitative estimate of drug-likeness (QED) is 0.892. The maximum Gasteiger partial charge on any atom is 0.124 e. The summed E-state index contributed by atoms with van der Waals surface area (Å²) in [4.78, 5) is 0. The normalized spacial score (nSPS) is 12.8. The third-order valence-electron chi connectivity index (χ3n) is 2.03. The van der Waals surface area contributed by atoms with Crippen molar-refractivity contribution in [1.29, 1.82) is 0 Å². The van der Waals surface area contributed by atoms with E-state index in [9.17, 15) is 4.39 Å². The zero-order valence-corrected chi connectivity index (χ0v) is 10.5. The van der Waals surface area contributed by atoms with Crippen LogP contribution < -0.4 is 5.32 Å². The number of halogens is 2. The van der Waals surface area contributed by atoms with Crippen LogP contribution in [0.15, 0.2) is 22.7 Å². The Morgan fingerprint density at radius 2 is 2.27 bits per heavy atom. The Hall–Kier alpha value is -0.450. The van der Waals surface area contributed by atoms with E-state index in [1.165, 1.54) is 12.1 Å². The van der Waals surface area contributed by atoms with Gasteiger partial charge in [0.2, 0.25) is 0 Å². The molecule has 0 saturated heterocycles. The minimum absolute atomic E-state index is 0.145. The lowest BCUT2D eigenvalue weighted by molar-refractivity contribution is 0.0541. The predicted octanol–water partition coefficient (Wildman–Crippen LogP) is 2.71. The molecule has 0 aliphatic rings. The van der Waals surface area contributed by atoms with E-state index in [1.54, 1.807) is 6.07 Å². The van der Waals surface area contributed by atoms with E-state index in [1.807, 2.05) is 14.0 Å². The Labute approximate surface area is 98.0 Å². The number of hydrogen-bond donors (Lipinski definition) is 1. The lowest BCUT2D eigenvalue weighted by Gasteiger charge is -2.13. The van der Waals surface area contributed by atoms with Gasteiger partial charge in [-0.1, -0.05) is 22.0 Å². The zero-order chi connectivity index (χ0) is 11.3. The zero-order valence-electron chi connectivity index (χ0n) is 8.89. The molecule has 0 aromatic heterocycles. The second kappa shape index (κ2) is 6.20. The molecule has 1 rings (SSSR count). The first-order valence-electron chi connectivity index (χ1n) is 4.83. The van der Waals surface area contributed by atoms with E-state index in [0.717, 1.165) is 16.6 Å². The van der Waals surface area contributed by atoms with Crippen molar-refractivity contribution in [3.05, 3.63) is 34.1 Å². The summed E-state index contributed by atoms with van der Waals surface area (Å²) in [5.74, 6) is -0.242. The van der Waals surface area contributed by atoms with E-state index in [4.69, 9.17) is 4.74 Å². The molecule has 0 saturated carbocycles. The average Bonchev–Trinajstić information content (AvgIpc) is 2.17.